The quantitative estimate of drug-likeness (QED) is 0.283. The maximum absolute atomic E-state index is 5.61. The summed E-state index contributed by atoms with van der Waals surface area (Å²) in [7, 11) is 7.82. The average Bonchev–Trinajstić information content (AvgIpc) is 2.83. The lowest BCUT2D eigenvalue weighted by molar-refractivity contribution is 0.116. The number of nitrogens with one attached hydrogen (secondary N) is 2. The van der Waals surface area contributed by atoms with Crippen LogP contribution in [0.4, 0.5) is 0 Å². The van der Waals surface area contributed by atoms with Crippen molar-refractivity contribution in [2.24, 2.45) is 4.99 Å². The molecular formula is C25H44IN5O2. The van der Waals surface area contributed by atoms with Crippen LogP contribution >= 0.6 is 24.0 Å². The van der Waals surface area contributed by atoms with Crippen LogP contribution in [0.1, 0.15) is 44.6 Å². The van der Waals surface area contributed by atoms with Gasteiger partial charge in [-0.05, 0) is 51.6 Å². The monoisotopic (exact) mass is 573 g/mol. The molecule has 1 aliphatic carbocycles. The fraction of sp³-hybridized carbons (Fsp3) is 0.720. The number of methoxy groups -OCH3 is 2. The summed E-state index contributed by atoms with van der Waals surface area (Å²) in [6, 6.07) is 6.89. The molecule has 1 heterocycles. The number of rotatable bonds is 8. The van der Waals surface area contributed by atoms with Crippen LogP contribution in [0.5, 0.6) is 11.5 Å². The van der Waals surface area contributed by atoms with Gasteiger partial charge >= 0.3 is 0 Å². The number of ether oxygens (including phenoxy) is 2. The largest absolute Gasteiger partial charge is 0.493 e. The highest BCUT2D eigenvalue weighted by atomic mass is 127. The molecule has 0 spiro atoms. The zero-order valence-electron chi connectivity index (χ0n) is 21.2. The number of aliphatic imine (C=N–C) groups is 1. The molecule has 0 radical (unpaired) electrons. The van der Waals surface area contributed by atoms with E-state index in [4.69, 9.17) is 14.5 Å². The SMILES string of the molecule is CCNC(=NCC1(c2ccc(OC)c(OC)c2)CCCCC1)NCC1CN(C)CCN1C.I. The van der Waals surface area contributed by atoms with E-state index in [0.717, 1.165) is 69.6 Å². The molecule has 2 fully saturated rings. The molecule has 3 rings (SSSR count). The van der Waals surface area contributed by atoms with E-state index in [1.54, 1.807) is 14.2 Å². The number of hydrogen-bond donors (Lipinski definition) is 2. The summed E-state index contributed by atoms with van der Waals surface area (Å²) in [5.74, 6) is 2.50. The molecule has 1 aliphatic heterocycles. The number of nitrogens with zero attached hydrogens (tertiary/aromatic N) is 3. The Morgan fingerprint density at radius 3 is 2.45 bits per heavy atom. The first-order chi connectivity index (χ1) is 15.5. The van der Waals surface area contributed by atoms with E-state index in [9.17, 15) is 0 Å². The van der Waals surface area contributed by atoms with Gasteiger partial charge < -0.3 is 25.0 Å². The van der Waals surface area contributed by atoms with Crippen LogP contribution < -0.4 is 20.1 Å². The van der Waals surface area contributed by atoms with E-state index >= 15 is 0 Å². The lowest BCUT2D eigenvalue weighted by atomic mass is 9.69. The summed E-state index contributed by atoms with van der Waals surface area (Å²) >= 11 is 0. The summed E-state index contributed by atoms with van der Waals surface area (Å²) in [4.78, 5) is 9.96. The number of piperazine rings is 1. The Morgan fingerprint density at radius 2 is 1.79 bits per heavy atom. The Morgan fingerprint density at radius 1 is 1.06 bits per heavy atom. The molecular weight excluding hydrogens is 529 g/mol. The van der Waals surface area contributed by atoms with Crippen LogP contribution in [0.25, 0.3) is 0 Å². The Hall–Kier alpha value is -1.26. The van der Waals surface area contributed by atoms with Crippen molar-refractivity contribution >= 4 is 29.9 Å². The van der Waals surface area contributed by atoms with E-state index < -0.39 is 0 Å². The Kier molecular flexibility index (Phi) is 11.5. The van der Waals surface area contributed by atoms with E-state index in [0.29, 0.717) is 6.04 Å². The fourth-order valence-corrected chi connectivity index (χ4v) is 5.04. The van der Waals surface area contributed by atoms with Crippen molar-refractivity contribution in [2.45, 2.75) is 50.5 Å². The molecule has 8 heteroatoms. The molecule has 2 aliphatic rings. The third kappa shape index (κ3) is 7.36. The first-order valence-corrected chi connectivity index (χ1v) is 12.1. The fourth-order valence-electron chi connectivity index (χ4n) is 5.04. The van der Waals surface area contributed by atoms with Gasteiger partial charge in [0.2, 0.25) is 0 Å². The van der Waals surface area contributed by atoms with Crippen LogP contribution in [-0.2, 0) is 5.41 Å². The minimum absolute atomic E-state index is 0. The minimum atomic E-state index is 0. The minimum Gasteiger partial charge on any atom is -0.493 e. The summed E-state index contributed by atoms with van der Waals surface area (Å²) in [5, 5.41) is 7.08. The number of hydrogen-bond acceptors (Lipinski definition) is 5. The average molecular weight is 574 g/mol. The number of guanidine groups is 1. The molecule has 0 amide bonds. The first-order valence-electron chi connectivity index (χ1n) is 12.1. The van der Waals surface area contributed by atoms with Crippen molar-refractivity contribution in [2.75, 3.05) is 67.6 Å². The molecule has 33 heavy (non-hydrogen) atoms. The molecule has 1 aromatic carbocycles. The second kappa shape index (κ2) is 13.6. The highest BCUT2D eigenvalue weighted by molar-refractivity contribution is 14.0. The topological polar surface area (TPSA) is 61.4 Å². The van der Waals surface area contributed by atoms with E-state index in [-0.39, 0.29) is 29.4 Å². The molecule has 1 unspecified atom stereocenters. The number of halogens is 1. The van der Waals surface area contributed by atoms with Gasteiger partial charge in [0.1, 0.15) is 0 Å². The van der Waals surface area contributed by atoms with Gasteiger partial charge in [-0.2, -0.15) is 0 Å². The molecule has 188 valence electrons. The van der Waals surface area contributed by atoms with Crippen LogP contribution in [-0.4, -0.2) is 89.4 Å². The van der Waals surface area contributed by atoms with Gasteiger partial charge in [0, 0.05) is 44.2 Å². The van der Waals surface area contributed by atoms with Crippen molar-refractivity contribution in [3.8, 4) is 11.5 Å². The molecule has 0 bridgehead atoms. The van der Waals surface area contributed by atoms with Crippen molar-refractivity contribution in [3.05, 3.63) is 23.8 Å². The Balaban J connectivity index is 0.00000385. The smallest absolute Gasteiger partial charge is 0.191 e. The first kappa shape index (κ1) is 28.0. The lowest BCUT2D eigenvalue weighted by Gasteiger charge is -2.38. The normalized spacial score (nSPS) is 21.7. The molecule has 1 atom stereocenters. The summed E-state index contributed by atoms with van der Waals surface area (Å²) in [6.07, 6.45) is 6.10. The summed E-state index contributed by atoms with van der Waals surface area (Å²) in [5.41, 5.74) is 1.35. The van der Waals surface area contributed by atoms with E-state index in [1.165, 1.54) is 24.8 Å². The highest BCUT2D eigenvalue weighted by Crippen LogP contribution is 2.42. The van der Waals surface area contributed by atoms with E-state index in [1.807, 2.05) is 6.07 Å². The molecule has 1 saturated carbocycles. The van der Waals surface area contributed by atoms with Crippen molar-refractivity contribution in [1.29, 1.82) is 0 Å². The third-order valence-electron chi connectivity index (χ3n) is 7.18. The molecule has 1 saturated heterocycles. The molecule has 1 aromatic rings. The van der Waals surface area contributed by atoms with E-state index in [2.05, 4.69) is 53.6 Å². The second-order valence-corrected chi connectivity index (χ2v) is 9.38. The van der Waals surface area contributed by atoms with Gasteiger partial charge in [-0.3, -0.25) is 9.89 Å². The Labute approximate surface area is 217 Å². The lowest BCUT2D eigenvalue weighted by Crippen LogP contribution is -2.55. The van der Waals surface area contributed by atoms with Gasteiger partial charge in [-0.25, -0.2) is 0 Å². The summed E-state index contributed by atoms with van der Waals surface area (Å²) in [6.45, 7) is 7.98. The van der Waals surface area contributed by atoms with Gasteiger partial charge in [0.05, 0.1) is 20.8 Å². The second-order valence-electron chi connectivity index (χ2n) is 9.38. The van der Waals surface area contributed by atoms with Crippen molar-refractivity contribution in [3.63, 3.8) is 0 Å². The van der Waals surface area contributed by atoms with Gasteiger partial charge in [0.25, 0.3) is 0 Å². The highest BCUT2D eigenvalue weighted by Gasteiger charge is 2.34. The van der Waals surface area contributed by atoms with Crippen molar-refractivity contribution < 1.29 is 9.47 Å². The predicted octanol–water partition coefficient (Wildman–Crippen LogP) is 3.32. The third-order valence-corrected chi connectivity index (χ3v) is 7.18. The number of benzene rings is 1. The van der Waals surface area contributed by atoms with Crippen LogP contribution in [0.3, 0.4) is 0 Å². The van der Waals surface area contributed by atoms with Gasteiger partial charge in [-0.15, -0.1) is 24.0 Å². The standard InChI is InChI=1S/C25H43N5O2.HI/c1-6-26-24(27-17-21-18-29(2)14-15-30(21)3)28-19-25(12-8-7-9-13-25)20-10-11-22(31-4)23(16-20)32-5;/h10-11,16,21H,6-9,12-15,17-19H2,1-5H3,(H2,26,27,28);1H. The zero-order valence-corrected chi connectivity index (χ0v) is 23.5. The maximum Gasteiger partial charge on any atom is 0.191 e. The van der Waals surface area contributed by atoms with Gasteiger partial charge in [-0.1, -0.05) is 25.3 Å². The molecule has 2 N–H and O–H groups in total. The molecule has 7 nitrogen and oxygen atoms in total. The van der Waals surface area contributed by atoms with Gasteiger partial charge in [0.15, 0.2) is 17.5 Å². The van der Waals surface area contributed by atoms with Crippen LogP contribution in [0.15, 0.2) is 23.2 Å². The van der Waals surface area contributed by atoms with Crippen LogP contribution in [0, 0.1) is 0 Å². The van der Waals surface area contributed by atoms with Crippen molar-refractivity contribution in [1.82, 2.24) is 20.4 Å². The number of likely N-dealkylation sites (N-methyl/N-ethyl adjacent to an activating group) is 2. The zero-order chi connectivity index (χ0) is 23.0. The maximum atomic E-state index is 5.61. The summed E-state index contributed by atoms with van der Waals surface area (Å²) < 4.78 is 11.1. The molecule has 0 aromatic heterocycles. The predicted molar refractivity (Wildman–Crippen MR) is 148 cm³/mol. The van der Waals surface area contributed by atoms with Crippen LogP contribution in [0.2, 0.25) is 0 Å². The Bertz CT molecular complexity index is 754.